The van der Waals surface area contributed by atoms with Crippen LogP contribution in [0, 0.1) is 0 Å². The standard InChI is InChI=1S/C15H24N2O/c1-15(18-2)9-5-11-17(12-15)14-7-4-3-6-13(14)8-10-16/h3-4,6-7H,5,8-12,16H2,1-2H3. The van der Waals surface area contributed by atoms with E-state index >= 15 is 0 Å². The molecule has 0 saturated carbocycles. The highest BCUT2D eigenvalue weighted by atomic mass is 16.5. The summed E-state index contributed by atoms with van der Waals surface area (Å²) in [6, 6.07) is 8.58. The first-order valence-corrected chi connectivity index (χ1v) is 6.76. The summed E-state index contributed by atoms with van der Waals surface area (Å²) in [5, 5.41) is 0. The molecular formula is C15H24N2O. The summed E-state index contributed by atoms with van der Waals surface area (Å²) in [6.45, 7) is 4.97. The van der Waals surface area contributed by atoms with E-state index in [0.29, 0.717) is 6.54 Å². The van der Waals surface area contributed by atoms with Crippen molar-refractivity contribution in [2.75, 3.05) is 31.6 Å². The first-order valence-electron chi connectivity index (χ1n) is 6.76. The fourth-order valence-corrected chi connectivity index (χ4v) is 2.76. The second kappa shape index (κ2) is 5.72. The van der Waals surface area contributed by atoms with Crippen LogP contribution in [0.2, 0.25) is 0 Å². The zero-order chi connectivity index (χ0) is 13.0. The van der Waals surface area contributed by atoms with Gasteiger partial charge in [-0.2, -0.15) is 0 Å². The average molecular weight is 248 g/mol. The molecular weight excluding hydrogens is 224 g/mol. The number of hydrogen-bond donors (Lipinski definition) is 1. The number of rotatable bonds is 4. The van der Waals surface area contributed by atoms with Gasteiger partial charge in [-0.3, -0.25) is 0 Å². The molecule has 1 saturated heterocycles. The van der Waals surface area contributed by atoms with Crippen molar-refractivity contribution in [1.29, 1.82) is 0 Å². The van der Waals surface area contributed by atoms with Crippen molar-refractivity contribution in [1.82, 2.24) is 0 Å². The number of ether oxygens (including phenoxy) is 1. The molecule has 100 valence electrons. The van der Waals surface area contributed by atoms with Gasteiger partial charge in [0.1, 0.15) is 0 Å². The van der Waals surface area contributed by atoms with Crippen LogP contribution in [-0.2, 0) is 11.2 Å². The van der Waals surface area contributed by atoms with E-state index in [2.05, 4.69) is 36.1 Å². The number of hydrogen-bond acceptors (Lipinski definition) is 3. The van der Waals surface area contributed by atoms with Crippen LogP contribution >= 0.6 is 0 Å². The van der Waals surface area contributed by atoms with E-state index in [-0.39, 0.29) is 5.60 Å². The molecule has 3 nitrogen and oxygen atoms in total. The van der Waals surface area contributed by atoms with Crippen LogP contribution < -0.4 is 10.6 Å². The van der Waals surface area contributed by atoms with E-state index in [1.807, 2.05) is 7.11 Å². The Bertz CT molecular complexity index is 394. The maximum Gasteiger partial charge on any atom is 0.0825 e. The maximum absolute atomic E-state index is 5.70. The Hall–Kier alpha value is -1.06. The SMILES string of the molecule is COC1(C)CCCN(c2ccccc2CCN)C1. The van der Waals surface area contributed by atoms with Gasteiger partial charge in [-0.15, -0.1) is 0 Å². The number of nitrogens with zero attached hydrogens (tertiary/aromatic N) is 1. The van der Waals surface area contributed by atoms with Crippen LogP contribution in [0.1, 0.15) is 25.3 Å². The Balaban J connectivity index is 2.20. The minimum absolute atomic E-state index is 0.0198. The van der Waals surface area contributed by atoms with Crippen LogP contribution in [0.25, 0.3) is 0 Å². The summed E-state index contributed by atoms with van der Waals surface area (Å²) in [5.74, 6) is 0. The van der Waals surface area contributed by atoms with Crippen LogP contribution in [0.4, 0.5) is 5.69 Å². The molecule has 0 aromatic heterocycles. The number of anilines is 1. The molecule has 1 aromatic rings. The molecule has 1 aromatic carbocycles. The summed E-state index contributed by atoms with van der Waals surface area (Å²) in [4.78, 5) is 2.44. The van der Waals surface area contributed by atoms with Gasteiger partial charge in [0, 0.05) is 25.9 Å². The molecule has 3 heteroatoms. The van der Waals surface area contributed by atoms with Crippen molar-refractivity contribution >= 4 is 5.69 Å². The lowest BCUT2D eigenvalue weighted by Gasteiger charge is -2.41. The molecule has 2 N–H and O–H groups in total. The lowest BCUT2D eigenvalue weighted by Crippen LogP contribution is -2.47. The number of benzene rings is 1. The molecule has 0 amide bonds. The minimum atomic E-state index is -0.0198. The molecule has 2 rings (SSSR count). The van der Waals surface area contributed by atoms with Crippen LogP contribution in [0.15, 0.2) is 24.3 Å². The molecule has 1 unspecified atom stereocenters. The highest BCUT2D eigenvalue weighted by molar-refractivity contribution is 5.54. The Labute approximate surface area is 110 Å². The van der Waals surface area contributed by atoms with Crippen molar-refractivity contribution in [3.8, 4) is 0 Å². The molecule has 1 aliphatic heterocycles. The smallest absolute Gasteiger partial charge is 0.0825 e. The van der Waals surface area contributed by atoms with Crippen molar-refractivity contribution < 1.29 is 4.74 Å². The van der Waals surface area contributed by atoms with E-state index in [1.165, 1.54) is 17.7 Å². The van der Waals surface area contributed by atoms with Gasteiger partial charge in [0.05, 0.1) is 5.60 Å². The maximum atomic E-state index is 5.70. The van der Waals surface area contributed by atoms with Crippen molar-refractivity contribution in [3.05, 3.63) is 29.8 Å². The first kappa shape index (κ1) is 13.4. The molecule has 0 aliphatic carbocycles. The van der Waals surface area contributed by atoms with E-state index in [0.717, 1.165) is 25.9 Å². The van der Waals surface area contributed by atoms with E-state index < -0.39 is 0 Å². The van der Waals surface area contributed by atoms with Crippen molar-refractivity contribution in [2.24, 2.45) is 5.73 Å². The van der Waals surface area contributed by atoms with Gasteiger partial charge < -0.3 is 15.4 Å². The third-order valence-electron chi connectivity index (χ3n) is 3.90. The first-order chi connectivity index (χ1) is 8.68. The third kappa shape index (κ3) is 2.85. The summed E-state index contributed by atoms with van der Waals surface area (Å²) < 4.78 is 5.66. The second-order valence-electron chi connectivity index (χ2n) is 5.35. The quantitative estimate of drug-likeness (QED) is 0.887. The molecule has 1 heterocycles. The van der Waals surface area contributed by atoms with Crippen LogP contribution in [0.5, 0.6) is 0 Å². The fraction of sp³-hybridized carbons (Fsp3) is 0.600. The monoisotopic (exact) mass is 248 g/mol. The molecule has 0 spiro atoms. The normalized spacial score (nSPS) is 24.3. The Morgan fingerprint density at radius 3 is 2.89 bits per heavy atom. The zero-order valence-electron chi connectivity index (χ0n) is 11.5. The van der Waals surface area contributed by atoms with E-state index in [1.54, 1.807) is 0 Å². The Kier molecular flexibility index (Phi) is 4.25. The largest absolute Gasteiger partial charge is 0.377 e. The second-order valence-corrected chi connectivity index (χ2v) is 5.35. The molecule has 0 bridgehead atoms. The molecule has 0 radical (unpaired) electrons. The average Bonchev–Trinajstić information content (AvgIpc) is 2.40. The highest BCUT2D eigenvalue weighted by Gasteiger charge is 2.31. The molecule has 1 fully saturated rings. The highest BCUT2D eigenvalue weighted by Crippen LogP contribution is 2.30. The number of nitrogens with two attached hydrogens (primary N) is 1. The molecule has 18 heavy (non-hydrogen) atoms. The van der Waals surface area contributed by atoms with Crippen LogP contribution in [-0.4, -0.2) is 32.3 Å². The van der Waals surface area contributed by atoms with Gasteiger partial charge >= 0.3 is 0 Å². The molecule has 1 aliphatic rings. The lowest BCUT2D eigenvalue weighted by atomic mass is 9.93. The molecule has 1 atom stereocenters. The predicted molar refractivity (Wildman–Crippen MR) is 76.1 cm³/mol. The van der Waals surface area contributed by atoms with Gasteiger partial charge in [-0.25, -0.2) is 0 Å². The van der Waals surface area contributed by atoms with Gasteiger partial charge in [0.2, 0.25) is 0 Å². The summed E-state index contributed by atoms with van der Waals surface area (Å²) in [5.41, 5.74) is 8.35. The predicted octanol–water partition coefficient (Wildman–Crippen LogP) is 2.19. The van der Waals surface area contributed by atoms with E-state index in [4.69, 9.17) is 10.5 Å². The number of para-hydroxylation sites is 1. The Morgan fingerprint density at radius 2 is 2.17 bits per heavy atom. The lowest BCUT2D eigenvalue weighted by molar-refractivity contribution is -0.00468. The van der Waals surface area contributed by atoms with E-state index in [9.17, 15) is 0 Å². The van der Waals surface area contributed by atoms with Gasteiger partial charge in [-0.1, -0.05) is 18.2 Å². The number of piperidine rings is 1. The van der Waals surface area contributed by atoms with Crippen LogP contribution in [0.3, 0.4) is 0 Å². The fourth-order valence-electron chi connectivity index (χ4n) is 2.76. The Morgan fingerprint density at radius 1 is 1.39 bits per heavy atom. The van der Waals surface area contributed by atoms with Gasteiger partial charge in [0.25, 0.3) is 0 Å². The summed E-state index contributed by atoms with van der Waals surface area (Å²) >= 11 is 0. The van der Waals surface area contributed by atoms with Gasteiger partial charge in [-0.05, 0) is 44.4 Å². The van der Waals surface area contributed by atoms with Crippen molar-refractivity contribution in [3.63, 3.8) is 0 Å². The third-order valence-corrected chi connectivity index (χ3v) is 3.90. The topological polar surface area (TPSA) is 38.5 Å². The zero-order valence-corrected chi connectivity index (χ0v) is 11.5. The summed E-state index contributed by atoms with van der Waals surface area (Å²) in [7, 11) is 1.81. The number of methoxy groups -OCH3 is 1. The van der Waals surface area contributed by atoms with Gasteiger partial charge in [0.15, 0.2) is 0 Å². The minimum Gasteiger partial charge on any atom is -0.377 e. The summed E-state index contributed by atoms with van der Waals surface area (Å²) in [6.07, 6.45) is 3.26. The van der Waals surface area contributed by atoms with Crippen molar-refractivity contribution in [2.45, 2.75) is 31.8 Å².